The van der Waals surface area contributed by atoms with Crippen LogP contribution in [-0.4, -0.2) is 19.9 Å². The molecule has 2 aromatic heterocycles. The van der Waals surface area contributed by atoms with Crippen molar-refractivity contribution in [3.63, 3.8) is 0 Å². The summed E-state index contributed by atoms with van der Waals surface area (Å²) in [6.07, 6.45) is 0. The van der Waals surface area contributed by atoms with Crippen LogP contribution in [0.1, 0.15) is 0 Å². The molecular formula is C48H30N4O. The van der Waals surface area contributed by atoms with Gasteiger partial charge in [-0.15, -0.1) is 0 Å². The highest BCUT2D eigenvalue weighted by Gasteiger charge is 2.17. The standard InChI is InChI=1S/C48H30N4O/c1-3-12-31(13-4-1)36-19-9-21-38(28-36)46-50-45(34-15-5-2-6-16-34)51-47(52-46)39-22-10-20-37(30-39)41-23-11-18-33-26-27-42-44(43(33)41)53-48(49-42)40-25-24-32-14-7-8-17-35(32)29-40/h1-30H. The first-order valence-corrected chi connectivity index (χ1v) is 17.6. The van der Waals surface area contributed by atoms with Gasteiger partial charge >= 0.3 is 0 Å². The van der Waals surface area contributed by atoms with Crippen molar-refractivity contribution in [3.05, 3.63) is 182 Å². The van der Waals surface area contributed by atoms with E-state index in [1.165, 1.54) is 5.39 Å². The molecule has 248 valence electrons. The summed E-state index contributed by atoms with van der Waals surface area (Å²) in [5, 5.41) is 4.42. The molecule has 10 aromatic rings. The number of hydrogen-bond donors (Lipinski definition) is 0. The molecule has 5 nitrogen and oxygen atoms in total. The molecule has 0 fully saturated rings. The summed E-state index contributed by atoms with van der Waals surface area (Å²) in [6, 6.07) is 62.4. The summed E-state index contributed by atoms with van der Waals surface area (Å²) in [6.45, 7) is 0. The predicted octanol–water partition coefficient (Wildman–Crippen LogP) is 12.3. The Morgan fingerprint density at radius 3 is 1.62 bits per heavy atom. The third kappa shape index (κ3) is 5.71. The maximum absolute atomic E-state index is 6.62. The Hall–Kier alpha value is -7.24. The molecule has 5 heteroatoms. The molecule has 0 amide bonds. The first kappa shape index (κ1) is 30.6. The molecule has 0 atom stereocenters. The largest absolute Gasteiger partial charge is 0.435 e. The second kappa shape index (κ2) is 12.8. The highest BCUT2D eigenvalue weighted by Crippen LogP contribution is 2.38. The second-order valence-corrected chi connectivity index (χ2v) is 13.1. The number of rotatable bonds is 6. The van der Waals surface area contributed by atoms with E-state index in [1.54, 1.807) is 0 Å². The van der Waals surface area contributed by atoms with Crippen molar-refractivity contribution in [1.29, 1.82) is 0 Å². The number of fused-ring (bicyclic) bond motifs is 4. The summed E-state index contributed by atoms with van der Waals surface area (Å²) in [5.41, 5.74) is 9.58. The molecule has 10 rings (SSSR count). The van der Waals surface area contributed by atoms with E-state index in [4.69, 9.17) is 24.4 Å². The van der Waals surface area contributed by atoms with Crippen molar-refractivity contribution in [1.82, 2.24) is 19.9 Å². The topological polar surface area (TPSA) is 64.7 Å². The zero-order chi connectivity index (χ0) is 35.1. The van der Waals surface area contributed by atoms with Gasteiger partial charge < -0.3 is 4.42 Å². The highest BCUT2D eigenvalue weighted by atomic mass is 16.3. The van der Waals surface area contributed by atoms with Gasteiger partial charge in [0.05, 0.1) is 0 Å². The molecule has 0 saturated carbocycles. The molecule has 0 N–H and O–H groups in total. The Morgan fingerprint density at radius 2 is 0.868 bits per heavy atom. The van der Waals surface area contributed by atoms with Gasteiger partial charge in [-0.3, -0.25) is 0 Å². The molecule has 0 aliphatic carbocycles. The minimum absolute atomic E-state index is 0.601. The summed E-state index contributed by atoms with van der Waals surface area (Å²) < 4.78 is 6.62. The van der Waals surface area contributed by atoms with Crippen LogP contribution in [0.4, 0.5) is 0 Å². The zero-order valence-electron chi connectivity index (χ0n) is 28.5. The Bertz CT molecular complexity index is 2950. The fourth-order valence-electron chi connectivity index (χ4n) is 7.09. The smallest absolute Gasteiger partial charge is 0.227 e. The van der Waals surface area contributed by atoms with Crippen LogP contribution in [0.3, 0.4) is 0 Å². The summed E-state index contributed by atoms with van der Waals surface area (Å²) >= 11 is 0. The van der Waals surface area contributed by atoms with Crippen LogP contribution in [0.15, 0.2) is 186 Å². The number of benzene rings is 8. The normalized spacial score (nSPS) is 11.4. The van der Waals surface area contributed by atoms with Gasteiger partial charge in [0.25, 0.3) is 0 Å². The van der Waals surface area contributed by atoms with E-state index in [2.05, 4.69) is 140 Å². The van der Waals surface area contributed by atoms with Gasteiger partial charge in [0.2, 0.25) is 5.89 Å². The Kier molecular flexibility index (Phi) is 7.40. The Labute approximate surface area is 305 Å². The molecule has 0 bridgehead atoms. The highest BCUT2D eigenvalue weighted by molar-refractivity contribution is 6.11. The Morgan fingerprint density at radius 1 is 0.321 bits per heavy atom. The monoisotopic (exact) mass is 678 g/mol. The predicted molar refractivity (Wildman–Crippen MR) is 215 cm³/mol. The number of hydrogen-bond acceptors (Lipinski definition) is 5. The van der Waals surface area contributed by atoms with E-state index < -0.39 is 0 Å². The van der Waals surface area contributed by atoms with Crippen molar-refractivity contribution in [3.8, 4) is 67.9 Å². The fourth-order valence-corrected chi connectivity index (χ4v) is 7.09. The molecule has 0 aliphatic rings. The number of oxazole rings is 1. The lowest BCUT2D eigenvalue weighted by molar-refractivity contribution is 0.623. The van der Waals surface area contributed by atoms with E-state index in [0.717, 1.165) is 71.8 Å². The van der Waals surface area contributed by atoms with Gasteiger partial charge in [-0.05, 0) is 68.7 Å². The lowest BCUT2D eigenvalue weighted by Gasteiger charge is -2.11. The molecule has 0 radical (unpaired) electrons. The first-order valence-electron chi connectivity index (χ1n) is 17.6. The van der Waals surface area contributed by atoms with Crippen LogP contribution in [0.2, 0.25) is 0 Å². The lowest BCUT2D eigenvalue weighted by Crippen LogP contribution is -2.00. The van der Waals surface area contributed by atoms with Crippen molar-refractivity contribution >= 4 is 32.6 Å². The van der Waals surface area contributed by atoms with E-state index in [1.807, 2.05) is 42.5 Å². The van der Waals surface area contributed by atoms with Crippen LogP contribution < -0.4 is 0 Å². The summed E-state index contributed by atoms with van der Waals surface area (Å²) in [4.78, 5) is 20.1. The Balaban J connectivity index is 1.10. The molecule has 0 spiro atoms. The molecule has 8 aromatic carbocycles. The van der Waals surface area contributed by atoms with E-state index >= 15 is 0 Å². The molecular weight excluding hydrogens is 649 g/mol. The first-order chi connectivity index (χ1) is 26.2. The molecule has 0 unspecified atom stereocenters. The van der Waals surface area contributed by atoms with Gasteiger partial charge in [0.1, 0.15) is 5.52 Å². The number of nitrogens with zero attached hydrogens (tertiary/aromatic N) is 4. The molecule has 0 saturated heterocycles. The fraction of sp³-hybridized carbons (Fsp3) is 0. The van der Waals surface area contributed by atoms with E-state index in [-0.39, 0.29) is 0 Å². The molecule has 2 heterocycles. The van der Waals surface area contributed by atoms with Crippen molar-refractivity contribution in [2.45, 2.75) is 0 Å². The van der Waals surface area contributed by atoms with Crippen LogP contribution in [0, 0.1) is 0 Å². The maximum atomic E-state index is 6.62. The lowest BCUT2D eigenvalue weighted by atomic mass is 9.96. The average molecular weight is 679 g/mol. The summed E-state index contributed by atoms with van der Waals surface area (Å²) in [5.74, 6) is 2.44. The molecule has 0 aliphatic heterocycles. The van der Waals surface area contributed by atoms with Gasteiger partial charge in [-0.25, -0.2) is 19.9 Å². The molecule has 53 heavy (non-hydrogen) atoms. The van der Waals surface area contributed by atoms with Gasteiger partial charge in [-0.2, -0.15) is 0 Å². The van der Waals surface area contributed by atoms with Crippen molar-refractivity contribution in [2.24, 2.45) is 0 Å². The van der Waals surface area contributed by atoms with Gasteiger partial charge in [-0.1, -0.05) is 152 Å². The second-order valence-electron chi connectivity index (χ2n) is 13.1. The third-order valence-electron chi connectivity index (χ3n) is 9.72. The zero-order valence-corrected chi connectivity index (χ0v) is 28.5. The van der Waals surface area contributed by atoms with Crippen LogP contribution >= 0.6 is 0 Å². The SMILES string of the molecule is c1ccc(-c2cccc(-c3nc(-c4ccccc4)nc(-c4cccc(-c5cccc6ccc7nc(-c8ccc9ccccc9c8)oc7c56)c4)n3)c2)cc1. The van der Waals surface area contributed by atoms with Crippen LogP contribution in [0.5, 0.6) is 0 Å². The minimum Gasteiger partial charge on any atom is -0.435 e. The average Bonchev–Trinajstić information content (AvgIpc) is 3.69. The van der Waals surface area contributed by atoms with Gasteiger partial charge in [0.15, 0.2) is 23.1 Å². The summed E-state index contributed by atoms with van der Waals surface area (Å²) in [7, 11) is 0. The van der Waals surface area contributed by atoms with E-state index in [9.17, 15) is 0 Å². The van der Waals surface area contributed by atoms with E-state index in [0.29, 0.717) is 23.4 Å². The van der Waals surface area contributed by atoms with Crippen LogP contribution in [0.25, 0.3) is 101 Å². The van der Waals surface area contributed by atoms with Crippen molar-refractivity contribution in [2.75, 3.05) is 0 Å². The maximum Gasteiger partial charge on any atom is 0.227 e. The van der Waals surface area contributed by atoms with Crippen LogP contribution in [-0.2, 0) is 0 Å². The van der Waals surface area contributed by atoms with Gasteiger partial charge in [0, 0.05) is 27.6 Å². The number of aromatic nitrogens is 4. The van der Waals surface area contributed by atoms with Crippen molar-refractivity contribution < 1.29 is 4.42 Å². The third-order valence-corrected chi connectivity index (χ3v) is 9.72. The minimum atomic E-state index is 0.601. The quantitative estimate of drug-likeness (QED) is 0.175.